The Balaban J connectivity index is 2.26. The van der Waals surface area contributed by atoms with Crippen molar-refractivity contribution in [2.24, 2.45) is 0 Å². The summed E-state index contributed by atoms with van der Waals surface area (Å²) >= 11 is 4.98. The number of benzene rings is 1. The van der Waals surface area contributed by atoms with Crippen LogP contribution in [-0.4, -0.2) is 0 Å². The number of rotatable bonds is 3. The van der Waals surface area contributed by atoms with E-state index in [1.807, 2.05) is 26.0 Å². The molecule has 0 aliphatic rings. The van der Waals surface area contributed by atoms with Crippen LogP contribution in [0.5, 0.6) is 0 Å². The lowest BCUT2D eigenvalue weighted by molar-refractivity contribution is 0.627. The second-order valence-electron chi connectivity index (χ2n) is 4.28. The molecular weight excluding hydrogens is 327 g/mol. The lowest BCUT2D eigenvalue weighted by atomic mass is 10.2. The van der Waals surface area contributed by atoms with E-state index in [1.165, 1.54) is 12.1 Å². The van der Waals surface area contributed by atoms with Crippen molar-refractivity contribution in [3.8, 4) is 6.07 Å². The lowest BCUT2D eigenvalue weighted by Gasteiger charge is -2.12. The first-order chi connectivity index (χ1) is 8.99. The molecule has 1 N–H and O–H groups in total. The number of halogens is 2. The van der Waals surface area contributed by atoms with Gasteiger partial charge in [0.1, 0.15) is 11.9 Å². The third kappa shape index (κ3) is 3.34. The Morgan fingerprint density at radius 2 is 2.05 bits per heavy atom. The average Bonchev–Trinajstić information content (AvgIpc) is 2.65. The Morgan fingerprint density at radius 1 is 1.32 bits per heavy atom. The van der Waals surface area contributed by atoms with Crippen LogP contribution in [0, 0.1) is 31.0 Å². The van der Waals surface area contributed by atoms with Gasteiger partial charge in [0.15, 0.2) is 0 Å². The molecule has 0 bridgehead atoms. The van der Waals surface area contributed by atoms with Crippen LogP contribution in [0.25, 0.3) is 0 Å². The van der Waals surface area contributed by atoms with Crippen molar-refractivity contribution in [3.63, 3.8) is 0 Å². The Labute approximate surface area is 124 Å². The second-order valence-corrected chi connectivity index (χ2v) is 6.42. The van der Waals surface area contributed by atoms with E-state index >= 15 is 0 Å². The van der Waals surface area contributed by atoms with Gasteiger partial charge in [-0.25, -0.2) is 4.39 Å². The van der Waals surface area contributed by atoms with E-state index in [0.29, 0.717) is 5.69 Å². The molecule has 2 aromatic rings. The highest BCUT2D eigenvalue weighted by molar-refractivity contribution is 9.10. The average molecular weight is 339 g/mol. The highest BCUT2D eigenvalue weighted by atomic mass is 79.9. The summed E-state index contributed by atoms with van der Waals surface area (Å²) in [4.78, 5) is 2.03. The number of hydrogen-bond acceptors (Lipinski definition) is 3. The van der Waals surface area contributed by atoms with Gasteiger partial charge in [0.25, 0.3) is 0 Å². The van der Waals surface area contributed by atoms with Gasteiger partial charge in [0.2, 0.25) is 0 Å². The van der Waals surface area contributed by atoms with Crippen molar-refractivity contribution in [1.29, 1.82) is 5.26 Å². The fourth-order valence-electron chi connectivity index (χ4n) is 1.78. The molecule has 2 nitrogen and oxygen atoms in total. The van der Waals surface area contributed by atoms with Crippen molar-refractivity contribution < 1.29 is 4.39 Å². The number of thiophene rings is 1. The summed E-state index contributed by atoms with van der Waals surface area (Å²) in [5.74, 6) is -0.303. The van der Waals surface area contributed by atoms with Gasteiger partial charge in [0, 0.05) is 19.9 Å². The predicted octanol–water partition coefficient (Wildman–Crippen LogP) is 4.94. The van der Waals surface area contributed by atoms with Crippen molar-refractivity contribution in [1.82, 2.24) is 0 Å². The molecule has 0 aliphatic carbocycles. The van der Waals surface area contributed by atoms with Crippen LogP contribution >= 0.6 is 27.3 Å². The molecule has 0 saturated carbocycles. The van der Waals surface area contributed by atoms with Gasteiger partial charge in [-0.2, -0.15) is 5.26 Å². The number of aryl methyl sites for hydroxylation is 2. The maximum atomic E-state index is 13.3. The van der Waals surface area contributed by atoms with E-state index < -0.39 is 6.04 Å². The standard InChI is InChI=1S/C14H12BrFN2S/c1-8-3-10(16)5-11(4-8)18-13(7-17)14-6-12(15)9(2)19-14/h3-6,13,18H,1-2H3. The molecule has 0 radical (unpaired) electrons. The first-order valence-corrected chi connectivity index (χ1v) is 7.29. The predicted molar refractivity (Wildman–Crippen MR) is 79.9 cm³/mol. The Kier molecular flexibility index (Phi) is 4.23. The van der Waals surface area contributed by atoms with E-state index in [0.717, 1.165) is 19.8 Å². The first-order valence-electron chi connectivity index (χ1n) is 5.69. The molecule has 0 spiro atoms. The molecule has 2 rings (SSSR count). The second kappa shape index (κ2) is 5.72. The topological polar surface area (TPSA) is 35.8 Å². The molecule has 19 heavy (non-hydrogen) atoms. The van der Waals surface area contributed by atoms with Crippen LogP contribution in [0.2, 0.25) is 0 Å². The highest BCUT2D eigenvalue weighted by Gasteiger charge is 2.15. The number of anilines is 1. The Hall–Kier alpha value is -1.38. The summed E-state index contributed by atoms with van der Waals surface area (Å²) < 4.78 is 14.3. The van der Waals surface area contributed by atoms with Gasteiger partial charge in [-0.05, 0) is 59.6 Å². The smallest absolute Gasteiger partial charge is 0.149 e. The normalized spacial score (nSPS) is 11.9. The molecule has 0 fully saturated rings. The summed E-state index contributed by atoms with van der Waals surface area (Å²) in [6.45, 7) is 3.81. The van der Waals surface area contributed by atoms with Gasteiger partial charge in [0.05, 0.1) is 6.07 Å². The number of nitrogens with one attached hydrogen (secondary N) is 1. The van der Waals surface area contributed by atoms with Gasteiger partial charge in [-0.15, -0.1) is 11.3 Å². The lowest BCUT2D eigenvalue weighted by Crippen LogP contribution is -2.07. The van der Waals surface area contributed by atoms with E-state index in [4.69, 9.17) is 0 Å². The zero-order chi connectivity index (χ0) is 14.0. The minimum absolute atomic E-state index is 0.303. The molecule has 0 aliphatic heterocycles. The zero-order valence-corrected chi connectivity index (χ0v) is 12.9. The van der Waals surface area contributed by atoms with Crippen LogP contribution in [0.15, 0.2) is 28.7 Å². The van der Waals surface area contributed by atoms with Crippen LogP contribution < -0.4 is 5.32 Å². The van der Waals surface area contributed by atoms with Crippen molar-refractivity contribution in [3.05, 3.63) is 49.9 Å². The molecule has 0 saturated heterocycles. The van der Waals surface area contributed by atoms with Crippen LogP contribution in [0.1, 0.15) is 21.4 Å². The fourth-order valence-corrected chi connectivity index (χ4v) is 3.33. The molecule has 1 aromatic heterocycles. The van der Waals surface area contributed by atoms with Gasteiger partial charge in [-0.3, -0.25) is 0 Å². The van der Waals surface area contributed by atoms with Gasteiger partial charge >= 0.3 is 0 Å². The zero-order valence-electron chi connectivity index (χ0n) is 10.5. The number of hydrogen-bond donors (Lipinski definition) is 1. The van der Waals surface area contributed by atoms with Crippen molar-refractivity contribution in [2.75, 3.05) is 5.32 Å². The van der Waals surface area contributed by atoms with Crippen molar-refractivity contribution in [2.45, 2.75) is 19.9 Å². The summed E-state index contributed by atoms with van der Waals surface area (Å²) in [5, 5.41) is 12.3. The fraction of sp³-hybridized carbons (Fsp3) is 0.214. The van der Waals surface area contributed by atoms with E-state index in [1.54, 1.807) is 11.3 Å². The SMILES string of the molecule is Cc1cc(F)cc(NC(C#N)c2cc(Br)c(C)s2)c1. The number of nitrogens with zero attached hydrogens (tertiary/aromatic N) is 1. The van der Waals surface area contributed by atoms with Crippen LogP contribution in [0.4, 0.5) is 10.1 Å². The summed E-state index contributed by atoms with van der Waals surface area (Å²) in [5.41, 5.74) is 1.44. The molecule has 98 valence electrons. The highest BCUT2D eigenvalue weighted by Crippen LogP contribution is 2.32. The minimum atomic E-state index is -0.476. The molecule has 1 heterocycles. The van der Waals surface area contributed by atoms with E-state index in [2.05, 4.69) is 27.3 Å². The summed E-state index contributed by atoms with van der Waals surface area (Å²) in [6, 6.07) is 8.33. The van der Waals surface area contributed by atoms with Crippen molar-refractivity contribution >= 4 is 33.0 Å². The molecule has 5 heteroatoms. The summed E-state index contributed by atoms with van der Waals surface area (Å²) in [7, 11) is 0. The molecule has 1 atom stereocenters. The summed E-state index contributed by atoms with van der Waals surface area (Å²) in [6.07, 6.45) is 0. The quantitative estimate of drug-likeness (QED) is 0.859. The van der Waals surface area contributed by atoms with E-state index in [9.17, 15) is 9.65 Å². The van der Waals surface area contributed by atoms with E-state index in [-0.39, 0.29) is 5.82 Å². The monoisotopic (exact) mass is 338 g/mol. The third-order valence-corrected chi connectivity index (χ3v) is 4.84. The third-order valence-electron chi connectivity index (χ3n) is 2.64. The largest absolute Gasteiger partial charge is 0.365 e. The molecule has 1 aromatic carbocycles. The molecular formula is C14H12BrFN2S. The van der Waals surface area contributed by atoms with Gasteiger partial charge < -0.3 is 5.32 Å². The molecule has 0 amide bonds. The van der Waals surface area contributed by atoms with Crippen LogP contribution in [0.3, 0.4) is 0 Å². The van der Waals surface area contributed by atoms with Crippen LogP contribution in [-0.2, 0) is 0 Å². The van der Waals surface area contributed by atoms with Gasteiger partial charge in [-0.1, -0.05) is 0 Å². The first kappa shape index (κ1) is 14.0. The number of nitriles is 1. The maximum Gasteiger partial charge on any atom is 0.149 e. The minimum Gasteiger partial charge on any atom is -0.365 e. The maximum absolute atomic E-state index is 13.3. The molecule has 1 unspecified atom stereocenters. The Bertz CT molecular complexity index is 606. The Morgan fingerprint density at radius 3 is 2.58 bits per heavy atom.